The van der Waals surface area contributed by atoms with E-state index in [-0.39, 0.29) is 36.4 Å². The molecule has 1 amide bonds. The Kier molecular flexibility index (Phi) is 7.70. The Morgan fingerprint density at radius 3 is 2.72 bits per heavy atom. The topological polar surface area (TPSA) is 69.2 Å². The van der Waals surface area contributed by atoms with Crippen molar-refractivity contribution in [3.8, 4) is 0 Å². The van der Waals surface area contributed by atoms with E-state index in [9.17, 15) is 4.79 Å². The number of carbonyl (C=O) groups excluding carboxylic acids is 1. The molecule has 0 aromatic rings. The summed E-state index contributed by atoms with van der Waals surface area (Å²) in [5, 5.41) is 7.31. The fourth-order valence-electron chi connectivity index (χ4n) is 5.80. The first-order chi connectivity index (χ1) is 13.5. The maximum Gasteiger partial charge on any atom is 0.243 e. The first kappa shape index (κ1) is 23.1. The molecule has 29 heavy (non-hydrogen) atoms. The Morgan fingerprint density at radius 2 is 2.07 bits per heavy atom. The van der Waals surface area contributed by atoms with Crippen molar-refractivity contribution in [2.45, 2.75) is 63.6 Å². The number of aliphatic imine (C=N–C) groups is 1. The second-order valence-corrected chi connectivity index (χ2v) is 9.21. The Balaban J connectivity index is 0.00000240. The standard InChI is InChI=1S/C21H37N5O2.HI/c1-4-26-11-5-7-15(26)13-22-20(23-14-17(27)25(2)3)24-18-16-8-12-28-19(16)21(18)9-6-10-21;/h15-16,18-19H,4-14H2,1-3H3,(H2,22,23,24);1H. The number of ether oxygens (including phenoxy) is 1. The zero-order valence-corrected chi connectivity index (χ0v) is 20.5. The van der Waals surface area contributed by atoms with E-state index in [0.717, 1.165) is 32.1 Å². The second kappa shape index (κ2) is 9.68. The van der Waals surface area contributed by atoms with E-state index in [4.69, 9.17) is 4.74 Å². The van der Waals surface area contributed by atoms with Crippen LogP contribution in [0.25, 0.3) is 0 Å². The number of guanidine groups is 1. The highest BCUT2D eigenvalue weighted by atomic mass is 127. The van der Waals surface area contributed by atoms with Crippen molar-refractivity contribution in [2.24, 2.45) is 16.3 Å². The lowest BCUT2D eigenvalue weighted by Gasteiger charge is -2.63. The van der Waals surface area contributed by atoms with Crippen molar-refractivity contribution >= 4 is 35.8 Å². The highest BCUT2D eigenvalue weighted by Crippen LogP contribution is 2.62. The van der Waals surface area contributed by atoms with Crippen LogP contribution in [-0.4, -0.2) is 86.7 Å². The zero-order valence-electron chi connectivity index (χ0n) is 18.2. The highest BCUT2D eigenvalue weighted by molar-refractivity contribution is 14.0. The van der Waals surface area contributed by atoms with Gasteiger partial charge in [-0.15, -0.1) is 24.0 Å². The summed E-state index contributed by atoms with van der Waals surface area (Å²) in [6.45, 7) is 6.49. The number of halogens is 1. The number of amides is 1. The van der Waals surface area contributed by atoms with Crippen LogP contribution in [0, 0.1) is 11.3 Å². The number of nitrogens with one attached hydrogen (secondary N) is 2. The average molecular weight is 519 g/mol. The Bertz CT molecular complexity index is 610. The van der Waals surface area contributed by atoms with Crippen LogP contribution in [0.1, 0.15) is 45.4 Å². The summed E-state index contributed by atoms with van der Waals surface area (Å²) in [7, 11) is 3.57. The fourth-order valence-corrected chi connectivity index (χ4v) is 5.80. The first-order valence-corrected chi connectivity index (χ1v) is 11.2. The van der Waals surface area contributed by atoms with E-state index in [1.807, 2.05) is 0 Å². The molecule has 0 bridgehead atoms. The number of likely N-dealkylation sites (tertiary alicyclic amines) is 1. The quantitative estimate of drug-likeness (QED) is 0.318. The summed E-state index contributed by atoms with van der Waals surface area (Å²) < 4.78 is 6.05. The van der Waals surface area contributed by atoms with Gasteiger partial charge in [0.1, 0.15) is 6.54 Å². The van der Waals surface area contributed by atoms with Gasteiger partial charge in [-0.05, 0) is 45.2 Å². The number of nitrogens with zero attached hydrogens (tertiary/aromatic N) is 3. The summed E-state index contributed by atoms with van der Waals surface area (Å²) in [5.41, 5.74) is 0.304. The molecule has 2 aliphatic heterocycles. The van der Waals surface area contributed by atoms with Gasteiger partial charge >= 0.3 is 0 Å². The molecular formula is C21H38IN5O2. The molecule has 4 fully saturated rings. The average Bonchev–Trinajstić information content (AvgIpc) is 3.26. The lowest BCUT2D eigenvalue weighted by molar-refractivity contribution is -0.171. The lowest BCUT2D eigenvalue weighted by atomic mass is 9.46. The van der Waals surface area contributed by atoms with Crippen molar-refractivity contribution in [2.75, 3.05) is 46.9 Å². The molecular weight excluding hydrogens is 481 g/mol. The molecule has 8 heteroatoms. The van der Waals surface area contributed by atoms with Crippen LogP contribution < -0.4 is 10.6 Å². The third-order valence-electron chi connectivity index (χ3n) is 7.61. The lowest BCUT2D eigenvalue weighted by Crippen LogP contribution is -2.72. The van der Waals surface area contributed by atoms with Gasteiger partial charge in [-0.25, -0.2) is 4.99 Å². The molecule has 2 heterocycles. The van der Waals surface area contributed by atoms with E-state index in [2.05, 4.69) is 27.4 Å². The van der Waals surface area contributed by atoms with Gasteiger partial charge in [0, 0.05) is 50.7 Å². The van der Waals surface area contributed by atoms with Gasteiger partial charge in [0.25, 0.3) is 0 Å². The van der Waals surface area contributed by atoms with E-state index in [1.54, 1.807) is 19.0 Å². The predicted molar refractivity (Wildman–Crippen MR) is 126 cm³/mol. The highest BCUT2D eigenvalue weighted by Gasteiger charge is 2.66. The number of likely N-dealkylation sites (N-methyl/N-ethyl adjacent to an activating group) is 2. The van der Waals surface area contributed by atoms with E-state index in [1.165, 1.54) is 38.6 Å². The van der Waals surface area contributed by atoms with Crippen molar-refractivity contribution in [3.05, 3.63) is 0 Å². The minimum Gasteiger partial charge on any atom is -0.377 e. The maximum absolute atomic E-state index is 12.1. The van der Waals surface area contributed by atoms with Gasteiger partial charge in [0.15, 0.2) is 5.96 Å². The van der Waals surface area contributed by atoms with Crippen LogP contribution in [0.4, 0.5) is 0 Å². The molecule has 166 valence electrons. The van der Waals surface area contributed by atoms with Crippen molar-refractivity contribution in [1.82, 2.24) is 20.4 Å². The normalized spacial score (nSPS) is 32.7. The van der Waals surface area contributed by atoms with Crippen LogP contribution in [0.15, 0.2) is 4.99 Å². The monoisotopic (exact) mass is 519 g/mol. The molecule has 4 atom stereocenters. The summed E-state index contributed by atoms with van der Waals surface area (Å²) >= 11 is 0. The Hall–Kier alpha value is -0.610. The molecule has 4 unspecified atom stereocenters. The molecule has 2 saturated heterocycles. The number of hydrogen-bond acceptors (Lipinski definition) is 4. The summed E-state index contributed by atoms with van der Waals surface area (Å²) in [4.78, 5) is 20.9. The van der Waals surface area contributed by atoms with Gasteiger partial charge in [-0.3, -0.25) is 9.69 Å². The molecule has 4 rings (SSSR count). The van der Waals surface area contributed by atoms with Crippen LogP contribution in [0.2, 0.25) is 0 Å². The van der Waals surface area contributed by atoms with Gasteiger partial charge in [0.05, 0.1) is 6.10 Å². The van der Waals surface area contributed by atoms with Crippen LogP contribution in [0.3, 0.4) is 0 Å². The third-order valence-corrected chi connectivity index (χ3v) is 7.61. The third kappa shape index (κ3) is 4.39. The van der Waals surface area contributed by atoms with Crippen molar-refractivity contribution < 1.29 is 9.53 Å². The van der Waals surface area contributed by atoms with E-state index in [0.29, 0.717) is 29.5 Å². The summed E-state index contributed by atoms with van der Waals surface area (Å²) in [5.74, 6) is 1.43. The smallest absolute Gasteiger partial charge is 0.243 e. The first-order valence-electron chi connectivity index (χ1n) is 11.2. The Labute approximate surface area is 192 Å². The SMILES string of the molecule is CCN1CCCC1CNC(=NCC(=O)N(C)C)NC1C2CCOC2C12CCC2.I. The number of rotatable bonds is 6. The molecule has 2 N–H and O–H groups in total. The molecule has 7 nitrogen and oxygen atoms in total. The Morgan fingerprint density at radius 1 is 1.28 bits per heavy atom. The number of carbonyl (C=O) groups is 1. The largest absolute Gasteiger partial charge is 0.377 e. The summed E-state index contributed by atoms with van der Waals surface area (Å²) in [6, 6.07) is 0.989. The molecule has 2 aliphatic carbocycles. The molecule has 0 aromatic heterocycles. The number of fused-ring (bicyclic) bond motifs is 2. The predicted octanol–water partition coefficient (Wildman–Crippen LogP) is 1.67. The minimum absolute atomic E-state index is 0. The molecule has 2 saturated carbocycles. The van der Waals surface area contributed by atoms with Crippen molar-refractivity contribution in [1.29, 1.82) is 0 Å². The minimum atomic E-state index is 0. The molecule has 0 radical (unpaired) electrons. The maximum atomic E-state index is 12.1. The van der Waals surface area contributed by atoms with Crippen LogP contribution in [0.5, 0.6) is 0 Å². The molecule has 0 aromatic carbocycles. The van der Waals surface area contributed by atoms with Gasteiger partial charge in [-0.1, -0.05) is 13.3 Å². The van der Waals surface area contributed by atoms with Gasteiger partial charge in [-0.2, -0.15) is 0 Å². The molecule has 1 spiro atoms. The van der Waals surface area contributed by atoms with Crippen LogP contribution in [-0.2, 0) is 9.53 Å². The summed E-state index contributed by atoms with van der Waals surface area (Å²) in [6.07, 6.45) is 7.89. The van der Waals surface area contributed by atoms with Gasteiger partial charge < -0.3 is 20.3 Å². The van der Waals surface area contributed by atoms with Crippen LogP contribution >= 0.6 is 24.0 Å². The fraction of sp³-hybridized carbons (Fsp3) is 0.905. The second-order valence-electron chi connectivity index (χ2n) is 9.21. The zero-order chi connectivity index (χ0) is 19.7. The van der Waals surface area contributed by atoms with Gasteiger partial charge in [0.2, 0.25) is 5.91 Å². The van der Waals surface area contributed by atoms with E-state index >= 15 is 0 Å². The number of hydrogen-bond donors (Lipinski definition) is 2. The van der Waals surface area contributed by atoms with Crippen molar-refractivity contribution in [3.63, 3.8) is 0 Å². The van der Waals surface area contributed by atoms with E-state index < -0.39 is 0 Å². The molecule has 4 aliphatic rings.